The van der Waals surface area contributed by atoms with Gasteiger partial charge in [-0.25, -0.2) is 8.78 Å². The van der Waals surface area contributed by atoms with Gasteiger partial charge in [-0.1, -0.05) is 13.0 Å². The number of H-pyrrole nitrogens is 1. The topological polar surface area (TPSA) is 31.9 Å². The maximum Gasteiger partial charge on any atom is 0.134 e. The highest BCUT2D eigenvalue weighted by Gasteiger charge is 2.26. The van der Waals surface area contributed by atoms with E-state index in [2.05, 4.69) is 22.0 Å². The molecule has 1 atom stereocenters. The first-order chi connectivity index (χ1) is 10.7. The summed E-state index contributed by atoms with van der Waals surface area (Å²) < 4.78 is 28.1. The zero-order valence-electron chi connectivity index (χ0n) is 12.8. The van der Waals surface area contributed by atoms with E-state index in [1.807, 2.05) is 0 Å². The molecule has 0 amide bonds. The van der Waals surface area contributed by atoms with Crippen molar-refractivity contribution in [2.24, 2.45) is 0 Å². The van der Waals surface area contributed by atoms with Gasteiger partial charge in [-0.2, -0.15) is 5.10 Å². The Morgan fingerprint density at radius 3 is 2.82 bits per heavy atom. The minimum absolute atomic E-state index is 0.0267. The summed E-state index contributed by atoms with van der Waals surface area (Å²) >= 11 is 0. The van der Waals surface area contributed by atoms with Crippen LogP contribution in [0.2, 0.25) is 0 Å². The first-order valence-corrected chi connectivity index (χ1v) is 7.90. The van der Waals surface area contributed by atoms with E-state index in [1.165, 1.54) is 24.4 Å². The van der Waals surface area contributed by atoms with Crippen LogP contribution in [0.3, 0.4) is 0 Å². The second-order valence-corrected chi connectivity index (χ2v) is 5.93. The van der Waals surface area contributed by atoms with Gasteiger partial charge in [-0.3, -0.25) is 5.10 Å². The third kappa shape index (κ3) is 2.90. The average molecular weight is 305 g/mol. The summed E-state index contributed by atoms with van der Waals surface area (Å²) in [6.45, 7) is 5.25. The van der Waals surface area contributed by atoms with Crippen LogP contribution in [0.4, 0.5) is 8.78 Å². The Kier molecular flexibility index (Phi) is 4.52. The Balaban J connectivity index is 1.92. The molecule has 1 saturated heterocycles. The Bertz CT molecular complexity index is 616. The maximum atomic E-state index is 14.1. The molecule has 118 valence electrons. The molecule has 1 fully saturated rings. The van der Waals surface area contributed by atoms with Gasteiger partial charge < -0.3 is 4.90 Å². The largest absolute Gasteiger partial charge is 0.303 e. The van der Waals surface area contributed by atoms with Crippen LogP contribution in [-0.2, 0) is 0 Å². The zero-order valence-corrected chi connectivity index (χ0v) is 12.8. The van der Waals surface area contributed by atoms with Gasteiger partial charge in [-0.15, -0.1) is 0 Å². The summed E-state index contributed by atoms with van der Waals surface area (Å²) in [6.07, 6.45) is 4.77. The lowest BCUT2D eigenvalue weighted by Crippen LogP contribution is -2.35. The number of hydrogen-bond acceptors (Lipinski definition) is 2. The fourth-order valence-corrected chi connectivity index (χ4v) is 3.37. The molecule has 0 spiro atoms. The van der Waals surface area contributed by atoms with Crippen molar-refractivity contribution in [3.8, 4) is 11.1 Å². The normalized spacial score (nSPS) is 19.5. The summed E-state index contributed by atoms with van der Waals surface area (Å²) in [4.78, 5) is 2.41. The predicted molar refractivity (Wildman–Crippen MR) is 82.6 cm³/mol. The molecule has 0 unspecified atom stereocenters. The molecule has 2 aromatic rings. The van der Waals surface area contributed by atoms with E-state index in [4.69, 9.17) is 0 Å². The van der Waals surface area contributed by atoms with Crippen molar-refractivity contribution in [1.82, 2.24) is 15.1 Å². The van der Waals surface area contributed by atoms with Crippen LogP contribution in [0.15, 0.2) is 24.4 Å². The van der Waals surface area contributed by atoms with Crippen molar-refractivity contribution in [3.05, 3.63) is 41.7 Å². The molecule has 3 nitrogen and oxygen atoms in total. The molecule has 0 bridgehead atoms. The number of nitrogens with one attached hydrogen (secondary N) is 1. The predicted octanol–water partition coefficient (Wildman–Crippen LogP) is 3.94. The van der Waals surface area contributed by atoms with Crippen LogP contribution in [0, 0.1) is 11.6 Å². The van der Waals surface area contributed by atoms with Crippen LogP contribution < -0.4 is 0 Å². The molecule has 3 rings (SSSR count). The Labute approximate surface area is 129 Å². The van der Waals surface area contributed by atoms with Crippen molar-refractivity contribution >= 4 is 0 Å². The number of benzene rings is 1. The Hall–Kier alpha value is -1.75. The molecule has 5 heteroatoms. The Morgan fingerprint density at radius 1 is 1.32 bits per heavy atom. The van der Waals surface area contributed by atoms with Crippen molar-refractivity contribution in [3.63, 3.8) is 0 Å². The highest BCUT2D eigenvalue weighted by molar-refractivity contribution is 5.67. The first kappa shape index (κ1) is 15.2. The summed E-state index contributed by atoms with van der Waals surface area (Å²) in [7, 11) is 0. The van der Waals surface area contributed by atoms with E-state index in [1.54, 1.807) is 0 Å². The average Bonchev–Trinajstić information content (AvgIpc) is 2.97. The number of nitrogens with zero attached hydrogens (tertiary/aromatic N) is 2. The second-order valence-electron chi connectivity index (χ2n) is 5.93. The molecule has 1 aromatic carbocycles. The quantitative estimate of drug-likeness (QED) is 0.927. The molecule has 0 radical (unpaired) electrons. The van der Waals surface area contributed by atoms with Crippen molar-refractivity contribution < 1.29 is 8.78 Å². The number of halogens is 2. The lowest BCUT2D eigenvalue weighted by atomic mass is 9.90. The van der Waals surface area contributed by atoms with Crippen LogP contribution in [-0.4, -0.2) is 34.7 Å². The Morgan fingerprint density at radius 2 is 2.09 bits per heavy atom. The van der Waals surface area contributed by atoms with E-state index in [0.717, 1.165) is 44.6 Å². The van der Waals surface area contributed by atoms with Crippen LogP contribution in [0.1, 0.15) is 37.8 Å². The van der Waals surface area contributed by atoms with E-state index in [-0.39, 0.29) is 11.5 Å². The van der Waals surface area contributed by atoms with Gasteiger partial charge in [0.2, 0.25) is 0 Å². The highest BCUT2D eigenvalue weighted by Crippen LogP contribution is 2.35. The number of hydrogen-bond donors (Lipinski definition) is 1. The number of rotatable bonds is 4. The molecule has 22 heavy (non-hydrogen) atoms. The van der Waals surface area contributed by atoms with Crippen LogP contribution in [0.25, 0.3) is 11.1 Å². The smallest absolute Gasteiger partial charge is 0.134 e. The number of likely N-dealkylation sites (tertiary alicyclic amines) is 1. The number of aromatic amines is 1. The standard InChI is InChI=1S/C17H21F2N3/c1-2-8-22-9-4-5-12(11-22)17-13(10-20-21-17)16-14(18)6-3-7-15(16)19/h3,6-7,10,12H,2,4-5,8-9,11H2,1H3,(H,20,21)/t12-/m1/s1. The molecular weight excluding hydrogens is 284 g/mol. The van der Waals surface area contributed by atoms with Crippen molar-refractivity contribution in [2.45, 2.75) is 32.1 Å². The summed E-state index contributed by atoms with van der Waals surface area (Å²) in [5, 5.41) is 7.03. The molecule has 0 aliphatic carbocycles. The minimum Gasteiger partial charge on any atom is -0.303 e. The lowest BCUT2D eigenvalue weighted by molar-refractivity contribution is 0.207. The fraction of sp³-hybridized carbons (Fsp3) is 0.471. The van der Waals surface area contributed by atoms with E-state index in [9.17, 15) is 8.78 Å². The zero-order chi connectivity index (χ0) is 15.5. The lowest BCUT2D eigenvalue weighted by Gasteiger charge is -2.32. The van der Waals surface area contributed by atoms with Crippen molar-refractivity contribution in [1.29, 1.82) is 0 Å². The SMILES string of the molecule is CCCN1CCC[C@@H](c2[nH]ncc2-c2c(F)cccc2F)C1. The van der Waals surface area contributed by atoms with E-state index < -0.39 is 11.6 Å². The number of aromatic nitrogens is 2. The van der Waals surface area contributed by atoms with Crippen molar-refractivity contribution in [2.75, 3.05) is 19.6 Å². The van der Waals surface area contributed by atoms with Gasteiger partial charge >= 0.3 is 0 Å². The van der Waals surface area contributed by atoms with Gasteiger partial charge in [0.05, 0.1) is 11.8 Å². The summed E-state index contributed by atoms with van der Waals surface area (Å²) in [6, 6.07) is 3.97. The highest BCUT2D eigenvalue weighted by atomic mass is 19.1. The summed E-state index contributed by atoms with van der Waals surface area (Å²) in [5.74, 6) is -0.829. The summed E-state index contributed by atoms with van der Waals surface area (Å²) in [5.41, 5.74) is 1.43. The minimum atomic E-state index is -0.538. The van der Waals surface area contributed by atoms with E-state index in [0.29, 0.717) is 5.56 Å². The third-order valence-corrected chi connectivity index (χ3v) is 4.35. The molecule has 2 heterocycles. The second kappa shape index (κ2) is 6.57. The number of piperidine rings is 1. The molecule has 1 aliphatic rings. The fourth-order valence-electron chi connectivity index (χ4n) is 3.37. The molecule has 1 N–H and O–H groups in total. The van der Waals surface area contributed by atoms with Gasteiger partial charge in [0.15, 0.2) is 0 Å². The van der Waals surface area contributed by atoms with Crippen LogP contribution >= 0.6 is 0 Å². The van der Waals surface area contributed by atoms with Gasteiger partial charge in [0.25, 0.3) is 0 Å². The van der Waals surface area contributed by atoms with Gasteiger partial charge in [0, 0.05) is 23.7 Å². The van der Waals surface area contributed by atoms with Gasteiger partial charge in [0.1, 0.15) is 11.6 Å². The maximum absolute atomic E-state index is 14.1. The molecule has 1 aliphatic heterocycles. The van der Waals surface area contributed by atoms with Crippen LogP contribution in [0.5, 0.6) is 0 Å². The molecule has 0 saturated carbocycles. The van der Waals surface area contributed by atoms with E-state index >= 15 is 0 Å². The first-order valence-electron chi connectivity index (χ1n) is 7.90. The molecule has 1 aromatic heterocycles. The third-order valence-electron chi connectivity index (χ3n) is 4.35. The monoisotopic (exact) mass is 305 g/mol. The molecular formula is C17H21F2N3. The van der Waals surface area contributed by atoms with Gasteiger partial charge in [-0.05, 0) is 44.5 Å².